The highest BCUT2D eigenvalue weighted by Crippen LogP contribution is 2.28. The Labute approximate surface area is 143 Å². The average Bonchev–Trinajstić information content (AvgIpc) is 2.87. The van der Waals surface area contributed by atoms with Crippen molar-refractivity contribution in [3.63, 3.8) is 0 Å². The molecule has 2 aliphatic heterocycles. The van der Waals surface area contributed by atoms with Crippen molar-refractivity contribution >= 4 is 29.3 Å². The lowest BCUT2D eigenvalue weighted by Crippen LogP contribution is -2.38. The van der Waals surface area contributed by atoms with E-state index in [9.17, 15) is 18.8 Å². The maximum absolute atomic E-state index is 14.5. The number of carbonyl (C=O) groups excluding carboxylic acids is 3. The molecule has 1 aromatic carbocycles. The zero-order valence-electron chi connectivity index (χ0n) is 13.7. The molecule has 1 atom stereocenters. The topological polar surface area (TPSA) is 88.2 Å². The summed E-state index contributed by atoms with van der Waals surface area (Å²) in [5, 5.41) is 2.42. The van der Waals surface area contributed by atoms with Gasteiger partial charge in [0.25, 0.3) is 5.91 Å². The van der Waals surface area contributed by atoms with Crippen molar-refractivity contribution in [2.75, 3.05) is 42.6 Å². The lowest BCUT2D eigenvalue weighted by atomic mass is 10.2. The third kappa shape index (κ3) is 3.55. The third-order valence-electron chi connectivity index (χ3n) is 4.00. The van der Waals surface area contributed by atoms with Gasteiger partial charge in [-0.1, -0.05) is 0 Å². The first-order chi connectivity index (χ1) is 12.0. The van der Waals surface area contributed by atoms with Gasteiger partial charge in [0, 0.05) is 26.1 Å². The molecule has 0 unspecified atom stereocenters. The fourth-order valence-corrected chi connectivity index (χ4v) is 2.75. The molecule has 3 amide bonds. The van der Waals surface area contributed by atoms with Gasteiger partial charge in [-0.2, -0.15) is 0 Å². The molecule has 1 N–H and O–H groups in total. The lowest BCUT2D eigenvalue weighted by Gasteiger charge is -2.29. The Balaban J connectivity index is 1.77. The van der Waals surface area contributed by atoms with Crippen molar-refractivity contribution in [3.8, 4) is 0 Å². The monoisotopic (exact) mass is 351 g/mol. The molecule has 3 rings (SSSR count). The molecule has 0 aromatic heterocycles. The maximum atomic E-state index is 14.5. The minimum absolute atomic E-state index is 0.0924. The van der Waals surface area contributed by atoms with Gasteiger partial charge in [-0.15, -0.1) is 0 Å². The Morgan fingerprint density at radius 3 is 2.68 bits per heavy atom. The predicted molar refractivity (Wildman–Crippen MR) is 85.9 cm³/mol. The largest absolute Gasteiger partial charge is 0.433 e. The van der Waals surface area contributed by atoms with Gasteiger partial charge in [0.15, 0.2) is 6.10 Å². The highest BCUT2D eigenvalue weighted by molar-refractivity contribution is 6.18. The van der Waals surface area contributed by atoms with Crippen LogP contribution in [0, 0.1) is 5.82 Å². The summed E-state index contributed by atoms with van der Waals surface area (Å²) in [5.41, 5.74) is 0.483. The van der Waals surface area contributed by atoms with Crippen molar-refractivity contribution in [1.82, 2.24) is 5.32 Å². The summed E-state index contributed by atoms with van der Waals surface area (Å²) in [4.78, 5) is 37.8. The van der Waals surface area contributed by atoms with E-state index in [-0.39, 0.29) is 18.1 Å². The third-order valence-corrected chi connectivity index (χ3v) is 4.00. The molecule has 0 aliphatic carbocycles. The molecule has 2 heterocycles. The molecule has 1 aromatic rings. The summed E-state index contributed by atoms with van der Waals surface area (Å²) >= 11 is 0. The normalized spacial score (nSPS) is 20.6. The van der Waals surface area contributed by atoms with E-state index in [1.54, 1.807) is 0 Å². The number of anilines is 2. The van der Waals surface area contributed by atoms with E-state index in [0.717, 1.165) is 11.0 Å². The molecule has 8 nitrogen and oxygen atoms in total. The number of carbonyl (C=O) groups is 3. The summed E-state index contributed by atoms with van der Waals surface area (Å²) in [7, 11) is 0. The van der Waals surface area contributed by atoms with Gasteiger partial charge in [0.2, 0.25) is 5.91 Å². The van der Waals surface area contributed by atoms with Crippen LogP contribution < -0.4 is 15.1 Å². The number of rotatable bonds is 4. The van der Waals surface area contributed by atoms with Crippen molar-refractivity contribution in [2.24, 2.45) is 0 Å². The Hall–Kier alpha value is -2.68. The highest BCUT2D eigenvalue weighted by Gasteiger charge is 2.41. The van der Waals surface area contributed by atoms with Gasteiger partial charge in [0.1, 0.15) is 5.82 Å². The summed E-state index contributed by atoms with van der Waals surface area (Å²) in [6.45, 7) is 3.34. The molecular weight excluding hydrogens is 333 g/mol. The lowest BCUT2D eigenvalue weighted by molar-refractivity contribution is -0.123. The first kappa shape index (κ1) is 17.2. The van der Waals surface area contributed by atoms with Crippen LogP contribution in [0.4, 0.5) is 20.6 Å². The van der Waals surface area contributed by atoms with E-state index >= 15 is 0 Å². The summed E-state index contributed by atoms with van der Waals surface area (Å²) in [6, 6.07) is 4.15. The molecule has 2 saturated heterocycles. The van der Waals surface area contributed by atoms with E-state index < -0.39 is 23.9 Å². The van der Waals surface area contributed by atoms with Gasteiger partial charge >= 0.3 is 6.09 Å². The number of hydrogen-bond donors (Lipinski definition) is 1. The number of ether oxygens (including phenoxy) is 2. The van der Waals surface area contributed by atoms with Gasteiger partial charge in [-0.3, -0.25) is 9.59 Å². The Morgan fingerprint density at radius 2 is 2.04 bits per heavy atom. The van der Waals surface area contributed by atoms with Crippen LogP contribution in [0.5, 0.6) is 0 Å². The van der Waals surface area contributed by atoms with Crippen LogP contribution in [-0.4, -0.2) is 56.9 Å². The molecule has 0 saturated carbocycles. The van der Waals surface area contributed by atoms with Crippen LogP contribution >= 0.6 is 0 Å². The second-order valence-corrected chi connectivity index (χ2v) is 5.72. The van der Waals surface area contributed by atoms with Gasteiger partial charge < -0.3 is 19.7 Å². The molecule has 25 heavy (non-hydrogen) atoms. The number of nitrogens with zero attached hydrogens (tertiary/aromatic N) is 2. The average molecular weight is 351 g/mol. The molecule has 134 valence electrons. The second kappa shape index (κ2) is 7.06. The number of halogens is 1. The maximum Gasteiger partial charge on any atom is 0.422 e. The Bertz CT molecular complexity index is 705. The van der Waals surface area contributed by atoms with Crippen molar-refractivity contribution < 1.29 is 28.2 Å². The predicted octanol–water partition coefficient (Wildman–Crippen LogP) is 0.650. The number of amides is 3. The fraction of sp³-hybridized carbons (Fsp3) is 0.438. The fourth-order valence-electron chi connectivity index (χ4n) is 2.75. The molecule has 0 bridgehead atoms. The Kier molecular flexibility index (Phi) is 4.84. The number of hydrogen-bond acceptors (Lipinski definition) is 6. The van der Waals surface area contributed by atoms with E-state index in [2.05, 4.69) is 5.32 Å². The summed E-state index contributed by atoms with van der Waals surface area (Å²) in [5.74, 6) is -1.52. The van der Waals surface area contributed by atoms with E-state index in [1.165, 1.54) is 19.1 Å². The number of cyclic esters (lactones) is 1. The minimum Gasteiger partial charge on any atom is -0.433 e. The van der Waals surface area contributed by atoms with Crippen LogP contribution in [0.15, 0.2) is 18.2 Å². The molecule has 2 fully saturated rings. The highest BCUT2D eigenvalue weighted by atomic mass is 19.1. The van der Waals surface area contributed by atoms with Gasteiger partial charge in [-0.25, -0.2) is 14.1 Å². The SMILES string of the molecule is CC(=O)NC[C@@H]1OC(=O)N(c2ccc(N3CCOCC3)c(F)c2)C1=O. The van der Waals surface area contributed by atoms with Gasteiger partial charge in [-0.05, 0) is 12.1 Å². The number of nitrogens with one attached hydrogen (secondary N) is 1. The second-order valence-electron chi connectivity index (χ2n) is 5.72. The number of morpholine rings is 1. The first-order valence-electron chi connectivity index (χ1n) is 7.88. The van der Waals surface area contributed by atoms with Crippen molar-refractivity contribution in [1.29, 1.82) is 0 Å². The molecule has 2 aliphatic rings. The zero-order valence-corrected chi connectivity index (χ0v) is 13.7. The van der Waals surface area contributed by atoms with Crippen molar-refractivity contribution in [2.45, 2.75) is 13.0 Å². The minimum atomic E-state index is -1.11. The van der Waals surface area contributed by atoms with Crippen LogP contribution in [0.2, 0.25) is 0 Å². The van der Waals surface area contributed by atoms with E-state index in [4.69, 9.17) is 9.47 Å². The number of imide groups is 1. The molecule has 0 spiro atoms. The van der Waals surface area contributed by atoms with E-state index in [0.29, 0.717) is 32.0 Å². The van der Waals surface area contributed by atoms with Crippen LogP contribution in [0.25, 0.3) is 0 Å². The first-order valence-corrected chi connectivity index (χ1v) is 7.88. The van der Waals surface area contributed by atoms with Crippen LogP contribution in [0.1, 0.15) is 6.92 Å². The van der Waals surface area contributed by atoms with Crippen LogP contribution in [-0.2, 0) is 19.1 Å². The number of benzene rings is 1. The molecular formula is C16H18FN3O5. The summed E-state index contributed by atoms with van der Waals surface area (Å²) in [6.07, 6.45) is -2.00. The van der Waals surface area contributed by atoms with E-state index in [1.807, 2.05) is 4.90 Å². The molecule has 0 radical (unpaired) electrons. The Morgan fingerprint density at radius 1 is 1.32 bits per heavy atom. The zero-order chi connectivity index (χ0) is 18.0. The van der Waals surface area contributed by atoms with Gasteiger partial charge in [0.05, 0.1) is 31.1 Å². The van der Waals surface area contributed by atoms with Crippen molar-refractivity contribution in [3.05, 3.63) is 24.0 Å². The summed E-state index contributed by atoms with van der Waals surface area (Å²) < 4.78 is 24.7. The standard InChI is InChI=1S/C16H18FN3O5/c1-10(21)18-9-14-15(22)20(16(23)25-14)11-2-3-13(12(17)8-11)19-4-6-24-7-5-19/h2-3,8,14H,4-7,9H2,1H3,(H,18,21)/t14-/m0/s1. The quantitative estimate of drug-likeness (QED) is 0.857. The van der Waals surface area contributed by atoms with Crippen LogP contribution in [0.3, 0.4) is 0 Å². The molecule has 9 heteroatoms. The smallest absolute Gasteiger partial charge is 0.422 e.